The predicted octanol–water partition coefficient (Wildman–Crippen LogP) is 2.99. The van der Waals surface area contributed by atoms with Crippen LogP contribution in [0.4, 0.5) is 0 Å². The number of hydrogen-bond acceptors (Lipinski definition) is 2. The Hall–Kier alpha value is -0.0800. The quantitative estimate of drug-likeness (QED) is 0.746. The third kappa shape index (κ3) is 4.43. The maximum absolute atomic E-state index is 9.76. The van der Waals surface area contributed by atoms with Crippen LogP contribution in [-0.4, -0.2) is 23.9 Å². The van der Waals surface area contributed by atoms with E-state index in [0.717, 1.165) is 25.7 Å². The molecule has 0 aromatic rings. The first-order chi connectivity index (χ1) is 6.54. The molecule has 1 saturated carbocycles. The summed E-state index contributed by atoms with van der Waals surface area (Å²) in [5.74, 6) is 0.462. The molecule has 0 spiro atoms. The second kappa shape index (κ2) is 6.41. The molecule has 0 heterocycles. The smallest absolute Gasteiger partial charge is 0.0619 e. The lowest BCUT2D eigenvalue weighted by molar-refractivity contribution is -0.0278. The van der Waals surface area contributed by atoms with Crippen molar-refractivity contribution in [3.63, 3.8) is 0 Å². The van der Waals surface area contributed by atoms with Gasteiger partial charge in [-0.05, 0) is 45.4 Å². The summed E-state index contributed by atoms with van der Waals surface area (Å²) in [6.45, 7) is 7.82. The normalized spacial score (nSPS) is 27.9. The zero-order valence-electron chi connectivity index (χ0n) is 10.3. The van der Waals surface area contributed by atoms with Gasteiger partial charge in [0.15, 0.2) is 0 Å². The summed E-state index contributed by atoms with van der Waals surface area (Å²) in [5.41, 5.74) is -0.501. The van der Waals surface area contributed by atoms with Crippen molar-refractivity contribution in [2.75, 3.05) is 7.11 Å². The van der Waals surface area contributed by atoms with E-state index in [1.807, 2.05) is 27.7 Å². The predicted molar refractivity (Wildman–Crippen MR) is 60.4 cm³/mol. The largest absolute Gasteiger partial charge is 0.390 e. The molecule has 0 saturated heterocycles. The first-order valence-electron chi connectivity index (χ1n) is 5.79. The summed E-state index contributed by atoms with van der Waals surface area (Å²) < 4.78 is 5.27. The van der Waals surface area contributed by atoms with Crippen LogP contribution in [0.5, 0.6) is 0 Å². The van der Waals surface area contributed by atoms with Crippen LogP contribution in [-0.2, 0) is 4.74 Å². The van der Waals surface area contributed by atoms with Crippen molar-refractivity contribution in [2.24, 2.45) is 5.92 Å². The zero-order chi connectivity index (χ0) is 11.2. The SMILES string of the molecule is CC.COC1CCC(C(C)(C)O)CC1. The van der Waals surface area contributed by atoms with Crippen molar-refractivity contribution in [1.82, 2.24) is 0 Å². The van der Waals surface area contributed by atoms with Gasteiger partial charge in [-0.15, -0.1) is 0 Å². The summed E-state index contributed by atoms with van der Waals surface area (Å²) in [5, 5.41) is 9.76. The molecule has 2 nitrogen and oxygen atoms in total. The average Bonchev–Trinajstić information content (AvgIpc) is 2.20. The Morgan fingerprint density at radius 2 is 1.50 bits per heavy atom. The molecule has 14 heavy (non-hydrogen) atoms. The van der Waals surface area contributed by atoms with Crippen LogP contribution in [0.3, 0.4) is 0 Å². The van der Waals surface area contributed by atoms with E-state index in [-0.39, 0.29) is 0 Å². The summed E-state index contributed by atoms with van der Waals surface area (Å²) in [6, 6.07) is 0. The van der Waals surface area contributed by atoms with Crippen LogP contribution < -0.4 is 0 Å². The fourth-order valence-corrected chi connectivity index (χ4v) is 2.00. The summed E-state index contributed by atoms with van der Waals surface area (Å²) in [4.78, 5) is 0. The molecular formula is C12H26O2. The first-order valence-corrected chi connectivity index (χ1v) is 5.79. The minimum absolute atomic E-state index is 0.434. The number of methoxy groups -OCH3 is 1. The van der Waals surface area contributed by atoms with Crippen molar-refractivity contribution in [1.29, 1.82) is 0 Å². The van der Waals surface area contributed by atoms with Gasteiger partial charge >= 0.3 is 0 Å². The Kier molecular flexibility index (Phi) is 6.38. The van der Waals surface area contributed by atoms with Crippen LogP contribution in [0, 0.1) is 5.92 Å². The van der Waals surface area contributed by atoms with Gasteiger partial charge in [-0.3, -0.25) is 0 Å². The van der Waals surface area contributed by atoms with E-state index in [1.165, 1.54) is 0 Å². The van der Waals surface area contributed by atoms with Crippen LogP contribution in [0.1, 0.15) is 53.4 Å². The number of ether oxygens (including phenoxy) is 1. The molecule has 0 aromatic carbocycles. The molecule has 2 heteroatoms. The molecule has 86 valence electrons. The molecule has 0 unspecified atom stereocenters. The van der Waals surface area contributed by atoms with Crippen molar-refractivity contribution >= 4 is 0 Å². The van der Waals surface area contributed by atoms with E-state index in [1.54, 1.807) is 7.11 Å². The Morgan fingerprint density at radius 3 is 1.79 bits per heavy atom. The van der Waals surface area contributed by atoms with E-state index in [0.29, 0.717) is 12.0 Å². The van der Waals surface area contributed by atoms with Gasteiger partial charge in [-0.1, -0.05) is 13.8 Å². The van der Waals surface area contributed by atoms with Gasteiger partial charge in [0.2, 0.25) is 0 Å². The standard InChI is InChI=1S/C10H20O2.C2H6/c1-10(2,11)8-4-6-9(12-3)7-5-8;1-2/h8-9,11H,4-7H2,1-3H3;1-2H3. The Labute approximate surface area is 88.7 Å². The van der Waals surface area contributed by atoms with Crippen LogP contribution >= 0.6 is 0 Å². The van der Waals surface area contributed by atoms with E-state index in [9.17, 15) is 5.11 Å². The van der Waals surface area contributed by atoms with Crippen molar-refractivity contribution < 1.29 is 9.84 Å². The van der Waals surface area contributed by atoms with Crippen molar-refractivity contribution in [3.8, 4) is 0 Å². The molecule has 0 bridgehead atoms. The summed E-state index contributed by atoms with van der Waals surface area (Å²) in [7, 11) is 1.77. The van der Waals surface area contributed by atoms with Gasteiger partial charge < -0.3 is 9.84 Å². The number of rotatable bonds is 2. The van der Waals surface area contributed by atoms with Gasteiger partial charge in [-0.2, -0.15) is 0 Å². The highest BCUT2D eigenvalue weighted by atomic mass is 16.5. The number of aliphatic hydroxyl groups is 1. The van der Waals surface area contributed by atoms with E-state index >= 15 is 0 Å². The van der Waals surface area contributed by atoms with Gasteiger partial charge in [0.05, 0.1) is 11.7 Å². The lowest BCUT2D eigenvalue weighted by Crippen LogP contribution is -2.35. The molecule has 0 aliphatic heterocycles. The fraction of sp³-hybridized carbons (Fsp3) is 1.00. The molecule has 1 aliphatic rings. The minimum Gasteiger partial charge on any atom is -0.390 e. The zero-order valence-corrected chi connectivity index (χ0v) is 10.3. The van der Waals surface area contributed by atoms with Crippen LogP contribution in [0.15, 0.2) is 0 Å². The fourth-order valence-electron chi connectivity index (χ4n) is 2.00. The van der Waals surface area contributed by atoms with Gasteiger partial charge in [-0.25, -0.2) is 0 Å². The Morgan fingerprint density at radius 1 is 1.07 bits per heavy atom. The van der Waals surface area contributed by atoms with Crippen molar-refractivity contribution in [3.05, 3.63) is 0 Å². The lowest BCUT2D eigenvalue weighted by atomic mass is 9.78. The molecule has 0 aromatic heterocycles. The summed E-state index contributed by atoms with van der Waals surface area (Å²) >= 11 is 0. The third-order valence-electron chi connectivity index (χ3n) is 3.01. The highest BCUT2D eigenvalue weighted by Crippen LogP contribution is 2.33. The molecule has 1 N–H and O–H groups in total. The Bertz CT molecular complexity index is 130. The third-order valence-corrected chi connectivity index (χ3v) is 3.01. The Balaban J connectivity index is 0.000000791. The molecule has 1 aliphatic carbocycles. The molecule has 1 fully saturated rings. The molecular weight excluding hydrogens is 176 g/mol. The summed E-state index contributed by atoms with van der Waals surface area (Å²) in [6.07, 6.45) is 4.84. The molecule has 0 radical (unpaired) electrons. The van der Waals surface area contributed by atoms with Gasteiger partial charge in [0.25, 0.3) is 0 Å². The second-order valence-electron chi connectivity index (χ2n) is 4.36. The van der Waals surface area contributed by atoms with E-state index in [4.69, 9.17) is 4.74 Å². The molecule has 1 rings (SSSR count). The van der Waals surface area contributed by atoms with Crippen molar-refractivity contribution in [2.45, 2.75) is 65.1 Å². The van der Waals surface area contributed by atoms with Crippen LogP contribution in [0.2, 0.25) is 0 Å². The molecule has 0 atom stereocenters. The lowest BCUT2D eigenvalue weighted by Gasteiger charge is -2.35. The maximum atomic E-state index is 9.76. The highest BCUT2D eigenvalue weighted by molar-refractivity contribution is 4.82. The topological polar surface area (TPSA) is 29.5 Å². The molecule has 0 amide bonds. The monoisotopic (exact) mass is 202 g/mol. The maximum Gasteiger partial charge on any atom is 0.0619 e. The van der Waals surface area contributed by atoms with Gasteiger partial charge in [0, 0.05) is 7.11 Å². The van der Waals surface area contributed by atoms with E-state index in [2.05, 4.69) is 0 Å². The van der Waals surface area contributed by atoms with Gasteiger partial charge in [0.1, 0.15) is 0 Å². The highest BCUT2D eigenvalue weighted by Gasteiger charge is 2.30. The second-order valence-corrected chi connectivity index (χ2v) is 4.36. The average molecular weight is 202 g/mol. The van der Waals surface area contributed by atoms with Crippen LogP contribution in [0.25, 0.3) is 0 Å². The minimum atomic E-state index is -0.501. The first kappa shape index (κ1) is 13.9. The number of hydrogen-bond donors (Lipinski definition) is 1. The van der Waals surface area contributed by atoms with E-state index < -0.39 is 5.60 Å².